The van der Waals surface area contributed by atoms with Crippen LogP contribution < -0.4 is 10.6 Å². The zero-order chi connectivity index (χ0) is 21.0. The number of hydrogen-bond acceptors (Lipinski definition) is 5. The Morgan fingerprint density at radius 1 is 1.07 bits per heavy atom. The Balaban J connectivity index is 1.46. The molecule has 1 aliphatic heterocycles. The van der Waals surface area contributed by atoms with E-state index < -0.39 is 28.6 Å². The van der Waals surface area contributed by atoms with Crippen molar-refractivity contribution in [3.8, 4) is 0 Å². The maximum atomic E-state index is 13.5. The molecule has 9 nitrogen and oxygen atoms in total. The first kappa shape index (κ1) is 19.9. The number of nitro groups is 1. The van der Waals surface area contributed by atoms with E-state index in [2.05, 4.69) is 10.6 Å². The van der Waals surface area contributed by atoms with Crippen LogP contribution in [0.3, 0.4) is 0 Å². The molecule has 2 aromatic rings. The summed E-state index contributed by atoms with van der Waals surface area (Å²) in [5, 5.41) is 15.9. The number of carbonyl (C=O) groups excluding carboxylic acids is 3. The van der Waals surface area contributed by atoms with E-state index >= 15 is 0 Å². The number of amides is 4. The van der Waals surface area contributed by atoms with Crippen molar-refractivity contribution in [2.75, 3.05) is 13.1 Å². The molecule has 1 aliphatic rings. The molecule has 0 saturated carbocycles. The molecule has 0 bridgehead atoms. The number of hydrogen-bond donors (Lipinski definition) is 2. The van der Waals surface area contributed by atoms with E-state index in [9.17, 15) is 28.9 Å². The molecule has 0 fully saturated rings. The quantitative estimate of drug-likeness (QED) is 0.319. The fourth-order valence-electron chi connectivity index (χ4n) is 2.91. The average Bonchev–Trinajstić information content (AvgIpc) is 2.94. The molecule has 3 rings (SSSR count). The number of halogens is 1. The van der Waals surface area contributed by atoms with Crippen LogP contribution in [0.2, 0.25) is 0 Å². The summed E-state index contributed by atoms with van der Waals surface area (Å²) in [4.78, 5) is 47.6. The Bertz CT molecular complexity index is 994. The normalized spacial score (nSPS) is 12.7. The minimum atomic E-state index is -0.634. The van der Waals surface area contributed by atoms with Crippen molar-refractivity contribution in [3.63, 3.8) is 0 Å². The third kappa shape index (κ3) is 4.37. The lowest BCUT2D eigenvalue weighted by molar-refractivity contribution is -0.384. The van der Waals surface area contributed by atoms with Crippen molar-refractivity contribution in [1.82, 2.24) is 15.5 Å². The van der Waals surface area contributed by atoms with Crippen LogP contribution in [0.5, 0.6) is 0 Å². The number of imide groups is 1. The van der Waals surface area contributed by atoms with Crippen molar-refractivity contribution < 1.29 is 23.7 Å². The van der Waals surface area contributed by atoms with Gasteiger partial charge in [-0.2, -0.15) is 0 Å². The Morgan fingerprint density at radius 3 is 2.52 bits per heavy atom. The van der Waals surface area contributed by atoms with Crippen LogP contribution in [-0.2, 0) is 6.54 Å². The first-order chi connectivity index (χ1) is 13.9. The van der Waals surface area contributed by atoms with Crippen molar-refractivity contribution in [1.29, 1.82) is 0 Å². The highest BCUT2D eigenvalue weighted by Crippen LogP contribution is 2.26. The summed E-state index contributed by atoms with van der Waals surface area (Å²) in [5.41, 5.74) is 0.207. The minimum absolute atomic E-state index is 0.000194. The fourth-order valence-corrected chi connectivity index (χ4v) is 2.91. The van der Waals surface area contributed by atoms with Crippen molar-refractivity contribution >= 4 is 23.5 Å². The van der Waals surface area contributed by atoms with Crippen LogP contribution in [-0.4, -0.2) is 40.8 Å². The van der Waals surface area contributed by atoms with Crippen LogP contribution in [0.15, 0.2) is 42.5 Å². The predicted octanol–water partition coefficient (Wildman–Crippen LogP) is 2.22. The van der Waals surface area contributed by atoms with Gasteiger partial charge in [-0.15, -0.1) is 0 Å². The van der Waals surface area contributed by atoms with Gasteiger partial charge in [0.25, 0.3) is 17.5 Å². The lowest BCUT2D eigenvalue weighted by atomic mass is 10.1. The highest BCUT2D eigenvalue weighted by Gasteiger charge is 2.36. The molecule has 29 heavy (non-hydrogen) atoms. The zero-order valence-electron chi connectivity index (χ0n) is 15.2. The van der Waals surface area contributed by atoms with Gasteiger partial charge < -0.3 is 10.6 Å². The van der Waals surface area contributed by atoms with E-state index in [4.69, 9.17) is 0 Å². The standard InChI is InChI=1S/C19H17FN4O5/c20-16-5-2-1-4-12(16)11-22-19(27)21-8-3-9-23-17(25)14-7-6-13(24(28)29)10-15(14)18(23)26/h1-2,4-7,10H,3,8-9,11H2,(H2,21,22,27). The van der Waals surface area contributed by atoms with E-state index in [1.54, 1.807) is 18.2 Å². The van der Waals surface area contributed by atoms with Crippen molar-refractivity contribution in [2.45, 2.75) is 13.0 Å². The lowest BCUT2D eigenvalue weighted by Crippen LogP contribution is -2.38. The van der Waals surface area contributed by atoms with E-state index in [0.717, 1.165) is 11.0 Å². The van der Waals surface area contributed by atoms with Crippen LogP contribution in [0, 0.1) is 15.9 Å². The fraction of sp³-hybridized carbons (Fsp3) is 0.211. The van der Waals surface area contributed by atoms with E-state index in [1.807, 2.05) is 0 Å². The van der Waals surface area contributed by atoms with Gasteiger partial charge in [-0.25, -0.2) is 9.18 Å². The first-order valence-corrected chi connectivity index (χ1v) is 8.78. The summed E-state index contributed by atoms with van der Waals surface area (Å²) in [6.45, 7) is 0.250. The second-order valence-electron chi connectivity index (χ2n) is 6.30. The van der Waals surface area contributed by atoms with Crippen molar-refractivity contribution in [2.24, 2.45) is 0 Å². The van der Waals surface area contributed by atoms with Crippen LogP contribution in [0.1, 0.15) is 32.7 Å². The van der Waals surface area contributed by atoms with E-state index in [1.165, 1.54) is 18.2 Å². The van der Waals surface area contributed by atoms with Gasteiger partial charge in [0.05, 0.1) is 16.1 Å². The summed E-state index contributed by atoms with van der Waals surface area (Å²) in [7, 11) is 0. The molecular formula is C19H17FN4O5. The molecule has 0 unspecified atom stereocenters. The largest absolute Gasteiger partial charge is 0.338 e. The molecule has 1 heterocycles. The third-order valence-corrected chi connectivity index (χ3v) is 4.41. The highest BCUT2D eigenvalue weighted by molar-refractivity contribution is 6.21. The monoisotopic (exact) mass is 400 g/mol. The molecule has 0 aliphatic carbocycles. The van der Waals surface area contributed by atoms with Gasteiger partial charge in [0.15, 0.2) is 0 Å². The zero-order valence-corrected chi connectivity index (χ0v) is 15.2. The summed E-state index contributed by atoms with van der Waals surface area (Å²) < 4.78 is 13.5. The third-order valence-electron chi connectivity index (χ3n) is 4.41. The summed E-state index contributed by atoms with van der Waals surface area (Å²) in [6.07, 6.45) is 0.292. The Hall–Kier alpha value is -3.82. The van der Waals surface area contributed by atoms with Gasteiger partial charge in [-0.05, 0) is 18.6 Å². The van der Waals surface area contributed by atoms with Gasteiger partial charge in [0, 0.05) is 37.3 Å². The minimum Gasteiger partial charge on any atom is -0.338 e. The number of rotatable bonds is 7. The number of nitrogens with zero attached hydrogens (tertiary/aromatic N) is 2. The molecular weight excluding hydrogens is 383 g/mol. The highest BCUT2D eigenvalue weighted by atomic mass is 19.1. The molecule has 2 N–H and O–H groups in total. The van der Waals surface area contributed by atoms with Crippen LogP contribution >= 0.6 is 0 Å². The number of urea groups is 1. The van der Waals surface area contributed by atoms with Gasteiger partial charge in [0.1, 0.15) is 5.82 Å². The Labute approximate surface area is 164 Å². The smallest absolute Gasteiger partial charge is 0.315 e. The van der Waals surface area contributed by atoms with Gasteiger partial charge in [-0.1, -0.05) is 18.2 Å². The Kier molecular flexibility index (Phi) is 5.82. The number of non-ortho nitro benzene ring substituents is 1. The van der Waals surface area contributed by atoms with Crippen LogP contribution in [0.25, 0.3) is 0 Å². The number of carbonyl (C=O) groups is 3. The SMILES string of the molecule is O=C(NCCCN1C(=O)c2ccc([N+](=O)[O-])cc2C1=O)NCc1ccccc1F. The average molecular weight is 400 g/mol. The predicted molar refractivity (Wildman–Crippen MR) is 99.7 cm³/mol. The second-order valence-corrected chi connectivity index (χ2v) is 6.30. The summed E-state index contributed by atoms with van der Waals surface area (Å²) in [5.74, 6) is -1.54. The molecule has 0 aromatic heterocycles. The lowest BCUT2D eigenvalue weighted by Gasteiger charge is -2.14. The molecule has 0 radical (unpaired) electrons. The van der Waals surface area contributed by atoms with Crippen molar-refractivity contribution in [3.05, 3.63) is 75.1 Å². The second kappa shape index (κ2) is 8.46. The van der Waals surface area contributed by atoms with Gasteiger partial charge >= 0.3 is 6.03 Å². The topological polar surface area (TPSA) is 122 Å². The first-order valence-electron chi connectivity index (χ1n) is 8.78. The molecule has 4 amide bonds. The number of fused-ring (bicyclic) bond motifs is 1. The maximum Gasteiger partial charge on any atom is 0.315 e. The summed E-state index contributed by atoms with van der Waals surface area (Å²) >= 11 is 0. The van der Waals surface area contributed by atoms with E-state index in [0.29, 0.717) is 12.0 Å². The molecule has 0 atom stereocenters. The Morgan fingerprint density at radius 2 is 1.79 bits per heavy atom. The molecule has 0 spiro atoms. The van der Waals surface area contributed by atoms with Crippen LogP contribution in [0.4, 0.5) is 14.9 Å². The van der Waals surface area contributed by atoms with E-state index in [-0.39, 0.29) is 36.4 Å². The van der Waals surface area contributed by atoms with Gasteiger partial charge in [0.2, 0.25) is 0 Å². The number of nitrogens with one attached hydrogen (secondary N) is 2. The molecule has 150 valence electrons. The molecule has 0 saturated heterocycles. The number of benzene rings is 2. The van der Waals surface area contributed by atoms with Gasteiger partial charge in [-0.3, -0.25) is 24.6 Å². The maximum absolute atomic E-state index is 13.5. The molecule has 10 heteroatoms. The molecule has 2 aromatic carbocycles. The summed E-state index contributed by atoms with van der Waals surface area (Å²) in [6, 6.07) is 9.09. The number of nitro benzene ring substituents is 1.